The SMILES string of the molecule is COCc1cccc(Oc2nccc(N)n2)c1. The highest BCUT2D eigenvalue weighted by Gasteiger charge is 2.01. The van der Waals surface area contributed by atoms with Crippen LogP contribution in [-0.4, -0.2) is 17.1 Å². The van der Waals surface area contributed by atoms with E-state index in [1.54, 1.807) is 19.4 Å². The van der Waals surface area contributed by atoms with Gasteiger partial charge in [0, 0.05) is 13.3 Å². The lowest BCUT2D eigenvalue weighted by Crippen LogP contribution is -1.96. The molecule has 0 unspecified atom stereocenters. The standard InChI is InChI=1S/C12H13N3O2/c1-16-8-9-3-2-4-10(7-9)17-12-14-6-5-11(13)15-12/h2-7H,8H2,1H3,(H2,13,14,15). The summed E-state index contributed by atoms with van der Waals surface area (Å²) in [5.74, 6) is 1.04. The van der Waals surface area contributed by atoms with Crippen molar-refractivity contribution >= 4 is 5.82 Å². The van der Waals surface area contributed by atoms with Gasteiger partial charge in [0.05, 0.1) is 6.61 Å². The van der Waals surface area contributed by atoms with E-state index in [0.717, 1.165) is 5.56 Å². The maximum atomic E-state index is 5.54. The zero-order chi connectivity index (χ0) is 12.1. The van der Waals surface area contributed by atoms with Gasteiger partial charge in [-0.3, -0.25) is 0 Å². The summed E-state index contributed by atoms with van der Waals surface area (Å²) < 4.78 is 10.5. The molecule has 1 aromatic carbocycles. The molecule has 0 aliphatic heterocycles. The number of nitrogen functional groups attached to an aromatic ring is 1. The maximum Gasteiger partial charge on any atom is 0.323 e. The Kier molecular flexibility index (Phi) is 3.52. The van der Waals surface area contributed by atoms with Crippen molar-refractivity contribution in [2.75, 3.05) is 12.8 Å². The zero-order valence-corrected chi connectivity index (χ0v) is 9.46. The van der Waals surface area contributed by atoms with E-state index in [0.29, 0.717) is 18.2 Å². The maximum absolute atomic E-state index is 5.54. The molecule has 0 bridgehead atoms. The lowest BCUT2D eigenvalue weighted by atomic mass is 10.2. The van der Waals surface area contributed by atoms with Crippen LogP contribution in [0.25, 0.3) is 0 Å². The lowest BCUT2D eigenvalue weighted by molar-refractivity contribution is 0.184. The second-order valence-corrected chi connectivity index (χ2v) is 3.45. The van der Waals surface area contributed by atoms with Gasteiger partial charge in [-0.05, 0) is 23.8 Å². The minimum absolute atomic E-state index is 0.236. The zero-order valence-electron chi connectivity index (χ0n) is 9.46. The average Bonchev–Trinajstić information content (AvgIpc) is 2.30. The van der Waals surface area contributed by atoms with Crippen molar-refractivity contribution < 1.29 is 9.47 Å². The lowest BCUT2D eigenvalue weighted by Gasteiger charge is -2.05. The number of anilines is 1. The van der Waals surface area contributed by atoms with Gasteiger partial charge in [0.25, 0.3) is 0 Å². The van der Waals surface area contributed by atoms with Crippen LogP contribution in [0.15, 0.2) is 36.5 Å². The van der Waals surface area contributed by atoms with E-state index in [4.69, 9.17) is 15.2 Å². The highest BCUT2D eigenvalue weighted by molar-refractivity contribution is 5.32. The fourth-order valence-electron chi connectivity index (χ4n) is 1.37. The third kappa shape index (κ3) is 3.15. The van der Waals surface area contributed by atoms with Crippen molar-refractivity contribution in [1.82, 2.24) is 9.97 Å². The topological polar surface area (TPSA) is 70.3 Å². The average molecular weight is 231 g/mol. The van der Waals surface area contributed by atoms with Crippen LogP contribution in [-0.2, 0) is 11.3 Å². The summed E-state index contributed by atoms with van der Waals surface area (Å²) >= 11 is 0. The Morgan fingerprint density at radius 1 is 1.29 bits per heavy atom. The van der Waals surface area contributed by atoms with Crippen molar-refractivity contribution in [2.24, 2.45) is 0 Å². The first-order valence-corrected chi connectivity index (χ1v) is 5.12. The van der Waals surface area contributed by atoms with Gasteiger partial charge in [-0.25, -0.2) is 4.98 Å². The number of ether oxygens (including phenoxy) is 2. The number of nitrogens with two attached hydrogens (primary N) is 1. The molecule has 5 heteroatoms. The Bertz CT molecular complexity index is 503. The summed E-state index contributed by atoms with van der Waals surface area (Å²) in [4.78, 5) is 7.92. The fraction of sp³-hybridized carbons (Fsp3) is 0.167. The van der Waals surface area contributed by atoms with Crippen LogP contribution in [0.5, 0.6) is 11.8 Å². The first-order valence-electron chi connectivity index (χ1n) is 5.12. The Morgan fingerprint density at radius 3 is 2.94 bits per heavy atom. The van der Waals surface area contributed by atoms with E-state index in [9.17, 15) is 0 Å². The Hall–Kier alpha value is -2.14. The van der Waals surface area contributed by atoms with Crippen LogP contribution in [0.1, 0.15) is 5.56 Å². The minimum Gasteiger partial charge on any atom is -0.424 e. The molecule has 0 saturated heterocycles. The van der Waals surface area contributed by atoms with Gasteiger partial charge in [0.2, 0.25) is 0 Å². The molecule has 0 saturated carbocycles. The molecule has 2 aromatic rings. The van der Waals surface area contributed by atoms with Gasteiger partial charge >= 0.3 is 6.01 Å². The third-order valence-electron chi connectivity index (χ3n) is 2.07. The molecule has 0 aliphatic rings. The summed E-state index contributed by atoms with van der Waals surface area (Å²) in [5.41, 5.74) is 6.56. The minimum atomic E-state index is 0.236. The molecule has 5 nitrogen and oxygen atoms in total. The summed E-state index contributed by atoms with van der Waals surface area (Å²) in [6.07, 6.45) is 1.55. The molecule has 0 atom stereocenters. The van der Waals surface area contributed by atoms with Crippen LogP contribution < -0.4 is 10.5 Å². The van der Waals surface area contributed by atoms with Gasteiger partial charge in [-0.1, -0.05) is 12.1 Å². The Labute approximate surface area is 99.2 Å². The van der Waals surface area contributed by atoms with Crippen molar-refractivity contribution in [1.29, 1.82) is 0 Å². The van der Waals surface area contributed by atoms with Crippen molar-refractivity contribution in [3.63, 3.8) is 0 Å². The van der Waals surface area contributed by atoms with E-state index < -0.39 is 0 Å². The number of hydrogen-bond donors (Lipinski definition) is 1. The van der Waals surface area contributed by atoms with Gasteiger partial charge in [0.1, 0.15) is 11.6 Å². The van der Waals surface area contributed by atoms with Crippen LogP contribution in [0.2, 0.25) is 0 Å². The monoisotopic (exact) mass is 231 g/mol. The number of aromatic nitrogens is 2. The predicted octanol–water partition coefficient (Wildman–Crippen LogP) is 2.00. The number of nitrogens with zero attached hydrogens (tertiary/aromatic N) is 2. The van der Waals surface area contributed by atoms with Gasteiger partial charge < -0.3 is 15.2 Å². The van der Waals surface area contributed by atoms with Gasteiger partial charge in [-0.15, -0.1) is 0 Å². The van der Waals surface area contributed by atoms with E-state index in [1.807, 2.05) is 24.3 Å². The van der Waals surface area contributed by atoms with Crippen LogP contribution >= 0.6 is 0 Å². The molecule has 0 radical (unpaired) electrons. The fourth-order valence-corrected chi connectivity index (χ4v) is 1.37. The van der Waals surface area contributed by atoms with E-state index in [2.05, 4.69) is 9.97 Å². The normalized spacial score (nSPS) is 10.2. The summed E-state index contributed by atoms with van der Waals surface area (Å²) in [6, 6.07) is 9.38. The Balaban J connectivity index is 2.15. The predicted molar refractivity (Wildman–Crippen MR) is 63.7 cm³/mol. The van der Waals surface area contributed by atoms with E-state index in [1.165, 1.54) is 0 Å². The third-order valence-corrected chi connectivity index (χ3v) is 2.07. The number of hydrogen-bond acceptors (Lipinski definition) is 5. The van der Waals surface area contributed by atoms with Crippen molar-refractivity contribution in [3.8, 4) is 11.8 Å². The van der Waals surface area contributed by atoms with Crippen LogP contribution in [0.4, 0.5) is 5.82 Å². The quantitative estimate of drug-likeness (QED) is 0.871. The first kappa shape index (κ1) is 11.3. The molecule has 2 rings (SSSR count). The number of benzene rings is 1. The highest BCUT2D eigenvalue weighted by Crippen LogP contribution is 2.19. The second kappa shape index (κ2) is 5.27. The molecular formula is C12H13N3O2. The highest BCUT2D eigenvalue weighted by atomic mass is 16.5. The van der Waals surface area contributed by atoms with Gasteiger partial charge in [-0.2, -0.15) is 4.98 Å². The molecule has 88 valence electrons. The number of rotatable bonds is 4. The molecule has 17 heavy (non-hydrogen) atoms. The molecule has 0 amide bonds. The summed E-state index contributed by atoms with van der Waals surface area (Å²) in [6.45, 7) is 0.537. The molecule has 2 N–H and O–H groups in total. The molecule has 0 fully saturated rings. The van der Waals surface area contributed by atoms with Crippen molar-refractivity contribution in [3.05, 3.63) is 42.1 Å². The summed E-state index contributed by atoms with van der Waals surface area (Å²) in [7, 11) is 1.65. The van der Waals surface area contributed by atoms with E-state index >= 15 is 0 Å². The molecule has 0 spiro atoms. The van der Waals surface area contributed by atoms with Crippen LogP contribution in [0, 0.1) is 0 Å². The molecular weight excluding hydrogens is 218 g/mol. The molecule has 0 aliphatic carbocycles. The largest absolute Gasteiger partial charge is 0.424 e. The first-order chi connectivity index (χ1) is 8.28. The smallest absolute Gasteiger partial charge is 0.323 e. The molecule has 1 aromatic heterocycles. The number of methoxy groups -OCH3 is 1. The Morgan fingerprint density at radius 2 is 2.18 bits per heavy atom. The summed E-state index contributed by atoms with van der Waals surface area (Å²) in [5, 5.41) is 0. The molecule has 1 heterocycles. The second-order valence-electron chi connectivity index (χ2n) is 3.45. The van der Waals surface area contributed by atoms with Gasteiger partial charge in [0.15, 0.2) is 0 Å². The van der Waals surface area contributed by atoms with Crippen LogP contribution in [0.3, 0.4) is 0 Å². The van der Waals surface area contributed by atoms with E-state index in [-0.39, 0.29) is 6.01 Å². The van der Waals surface area contributed by atoms with Crippen molar-refractivity contribution in [2.45, 2.75) is 6.61 Å².